The van der Waals surface area contributed by atoms with E-state index in [4.69, 9.17) is 0 Å². The molecule has 0 aromatic heterocycles. The van der Waals surface area contributed by atoms with Crippen LogP contribution in [0.15, 0.2) is 0 Å². The Morgan fingerprint density at radius 2 is 1.47 bits per heavy atom. The van der Waals surface area contributed by atoms with E-state index in [1.54, 1.807) is 14.1 Å². The van der Waals surface area contributed by atoms with Crippen LogP contribution < -0.4 is 5.32 Å². The fourth-order valence-electron chi connectivity index (χ4n) is 0.524. The van der Waals surface area contributed by atoms with Gasteiger partial charge in [0.05, 0.1) is 6.54 Å². The van der Waals surface area contributed by atoms with E-state index in [0.29, 0.717) is 0 Å². The van der Waals surface area contributed by atoms with E-state index in [2.05, 4.69) is 26.1 Å². The van der Waals surface area contributed by atoms with Gasteiger partial charge >= 0.3 is 0 Å². The van der Waals surface area contributed by atoms with Crippen molar-refractivity contribution in [1.82, 2.24) is 10.2 Å². The van der Waals surface area contributed by atoms with Crippen molar-refractivity contribution in [3.05, 3.63) is 0 Å². The van der Waals surface area contributed by atoms with Gasteiger partial charge in [-0.05, 0) is 19.8 Å². The smallest absolute Gasteiger partial charge is 0.257 e. The molecular formula is C14H31FN2O2. The van der Waals surface area contributed by atoms with Crippen molar-refractivity contribution in [1.29, 1.82) is 0 Å². The Hall–Kier alpha value is -1.13. The summed E-state index contributed by atoms with van der Waals surface area (Å²) in [7, 11) is 3.13. The molecule has 2 amide bonds. The molecule has 0 aromatic rings. The lowest BCUT2D eigenvalue weighted by atomic mass is 10.1. The molecule has 4 nitrogen and oxygen atoms in total. The molecule has 0 spiro atoms. The highest BCUT2D eigenvalue weighted by Gasteiger charge is 2.26. The number of rotatable bonds is 3. The van der Waals surface area contributed by atoms with Crippen molar-refractivity contribution >= 4 is 11.8 Å². The van der Waals surface area contributed by atoms with Crippen LogP contribution in [0.25, 0.3) is 0 Å². The van der Waals surface area contributed by atoms with Crippen LogP contribution in [0.4, 0.5) is 4.39 Å². The van der Waals surface area contributed by atoms with E-state index in [1.165, 1.54) is 4.90 Å². The minimum atomic E-state index is -1.94. The molecule has 19 heavy (non-hydrogen) atoms. The normalized spacial score (nSPS) is 9.63. The molecular weight excluding hydrogens is 247 g/mol. The largest absolute Gasteiger partial charge is 0.347 e. The number of nitrogens with one attached hydrogen (secondary N) is 1. The van der Waals surface area contributed by atoms with E-state index < -0.39 is 11.6 Å². The number of carbonyl (C=O) groups excluding carboxylic acids is 2. The predicted molar refractivity (Wildman–Crippen MR) is 78.8 cm³/mol. The summed E-state index contributed by atoms with van der Waals surface area (Å²) in [4.78, 5) is 23.2. The Kier molecular flexibility index (Phi) is 14.4. The standard InChI is InChI=1S/C8H15FN2O2.C4H10.C2H6/c1-8(2,9)7(13)10-5-6(12)11(3)4;1-4(2)3;1-2/h5H2,1-4H3,(H,10,13);4H,1-3H3;1-2H3. The zero-order valence-corrected chi connectivity index (χ0v) is 13.9. The third kappa shape index (κ3) is 19.4. The number of halogens is 1. The first-order valence-corrected chi connectivity index (χ1v) is 6.65. The Balaban J connectivity index is -0.000000361. The molecule has 0 aliphatic heterocycles. The van der Waals surface area contributed by atoms with Gasteiger partial charge in [0.1, 0.15) is 0 Å². The SMILES string of the molecule is CC.CC(C)C.CN(C)C(=O)CNC(=O)C(C)(C)F. The topological polar surface area (TPSA) is 49.4 Å². The molecule has 0 rings (SSSR count). The summed E-state index contributed by atoms with van der Waals surface area (Å²) in [6, 6.07) is 0. The second kappa shape index (κ2) is 11.9. The number of hydrogen-bond donors (Lipinski definition) is 1. The highest BCUT2D eigenvalue weighted by Crippen LogP contribution is 2.06. The van der Waals surface area contributed by atoms with Gasteiger partial charge < -0.3 is 10.2 Å². The fourth-order valence-corrected chi connectivity index (χ4v) is 0.524. The second-order valence-corrected chi connectivity index (χ2v) is 5.18. The number of carbonyl (C=O) groups is 2. The van der Waals surface area contributed by atoms with Gasteiger partial charge in [-0.1, -0.05) is 34.6 Å². The number of nitrogens with zero attached hydrogens (tertiary/aromatic N) is 1. The summed E-state index contributed by atoms with van der Waals surface area (Å²) >= 11 is 0. The molecule has 0 fully saturated rings. The van der Waals surface area contributed by atoms with Crippen LogP contribution in [0.2, 0.25) is 0 Å². The van der Waals surface area contributed by atoms with Crippen molar-refractivity contribution in [3.8, 4) is 0 Å². The molecule has 0 unspecified atom stereocenters. The molecule has 0 aromatic carbocycles. The van der Waals surface area contributed by atoms with Crippen LogP contribution in [0.1, 0.15) is 48.5 Å². The first kappa shape index (κ1) is 23.0. The van der Waals surface area contributed by atoms with Gasteiger partial charge in [-0.15, -0.1) is 0 Å². The molecule has 0 aliphatic carbocycles. The van der Waals surface area contributed by atoms with Gasteiger partial charge in [0.15, 0.2) is 5.67 Å². The van der Waals surface area contributed by atoms with E-state index in [0.717, 1.165) is 19.8 Å². The van der Waals surface area contributed by atoms with Gasteiger partial charge in [0, 0.05) is 14.1 Å². The molecule has 1 N–H and O–H groups in total. The first-order chi connectivity index (χ1) is 8.48. The van der Waals surface area contributed by atoms with Gasteiger partial charge in [-0.3, -0.25) is 9.59 Å². The number of hydrogen-bond acceptors (Lipinski definition) is 2. The van der Waals surface area contributed by atoms with E-state index >= 15 is 0 Å². The highest BCUT2D eigenvalue weighted by atomic mass is 19.1. The first-order valence-electron chi connectivity index (χ1n) is 6.65. The molecule has 116 valence electrons. The maximum atomic E-state index is 12.9. The molecule has 0 saturated heterocycles. The zero-order valence-electron chi connectivity index (χ0n) is 13.9. The zero-order chi connectivity index (χ0) is 16.2. The van der Waals surface area contributed by atoms with Crippen LogP contribution in [0.3, 0.4) is 0 Å². The van der Waals surface area contributed by atoms with Crippen molar-refractivity contribution < 1.29 is 14.0 Å². The fraction of sp³-hybridized carbons (Fsp3) is 0.857. The molecule has 0 radical (unpaired) electrons. The quantitative estimate of drug-likeness (QED) is 0.862. The van der Waals surface area contributed by atoms with Crippen LogP contribution in [0, 0.1) is 5.92 Å². The lowest BCUT2D eigenvalue weighted by Gasteiger charge is -2.15. The summed E-state index contributed by atoms with van der Waals surface area (Å²) in [5.41, 5.74) is -1.94. The molecule has 0 saturated carbocycles. The Bertz CT molecular complexity index is 244. The van der Waals surface area contributed by atoms with E-state index in [1.807, 2.05) is 13.8 Å². The Morgan fingerprint density at radius 1 is 1.16 bits per heavy atom. The lowest BCUT2D eigenvalue weighted by Crippen LogP contribution is -2.43. The van der Waals surface area contributed by atoms with Gasteiger partial charge in [-0.25, -0.2) is 4.39 Å². The third-order valence-electron chi connectivity index (χ3n) is 1.44. The lowest BCUT2D eigenvalue weighted by molar-refractivity contribution is -0.135. The summed E-state index contributed by atoms with van der Waals surface area (Å²) in [6.07, 6.45) is 0. The molecule has 0 heterocycles. The Morgan fingerprint density at radius 3 is 1.68 bits per heavy atom. The minimum absolute atomic E-state index is 0.167. The van der Waals surface area contributed by atoms with Gasteiger partial charge in [0.2, 0.25) is 5.91 Å². The molecule has 0 bridgehead atoms. The van der Waals surface area contributed by atoms with Gasteiger partial charge in [-0.2, -0.15) is 0 Å². The van der Waals surface area contributed by atoms with Crippen LogP contribution in [0.5, 0.6) is 0 Å². The predicted octanol–water partition coefficient (Wildman–Crippen LogP) is 2.63. The third-order valence-corrected chi connectivity index (χ3v) is 1.44. The average Bonchev–Trinajstić information content (AvgIpc) is 2.25. The highest BCUT2D eigenvalue weighted by molar-refractivity contribution is 5.88. The van der Waals surface area contributed by atoms with Crippen LogP contribution >= 0.6 is 0 Å². The molecule has 5 heteroatoms. The van der Waals surface area contributed by atoms with Crippen LogP contribution in [-0.2, 0) is 9.59 Å². The molecule has 0 aliphatic rings. The summed E-state index contributed by atoms with van der Waals surface area (Å²) < 4.78 is 12.9. The Labute approximate surface area is 117 Å². The molecule has 0 atom stereocenters. The van der Waals surface area contributed by atoms with Crippen molar-refractivity contribution in [2.24, 2.45) is 5.92 Å². The average molecular weight is 278 g/mol. The van der Waals surface area contributed by atoms with Gasteiger partial charge in [0.25, 0.3) is 5.91 Å². The summed E-state index contributed by atoms with van der Waals surface area (Å²) in [5.74, 6) is -0.208. The van der Waals surface area contributed by atoms with E-state index in [9.17, 15) is 14.0 Å². The maximum absolute atomic E-state index is 12.9. The summed E-state index contributed by atoms with van der Waals surface area (Å²) in [6.45, 7) is 12.6. The number of alkyl halides is 1. The van der Waals surface area contributed by atoms with E-state index in [-0.39, 0.29) is 12.5 Å². The van der Waals surface area contributed by atoms with Crippen LogP contribution in [-0.4, -0.2) is 43.0 Å². The van der Waals surface area contributed by atoms with Crippen molar-refractivity contribution in [2.75, 3.05) is 20.6 Å². The minimum Gasteiger partial charge on any atom is -0.347 e. The number of likely N-dealkylation sites (N-methyl/N-ethyl adjacent to an activating group) is 1. The monoisotopic (exact) mass is 278 g/mol. The summed E-state index contributed by atoms with van der Waals surface area (Å²) in [5, 5.41) is 2.20. The van der Waals surface area contributed by atoms with Crippen molar-refractivity contribution in [3.63, 3.8) is 0 Å². The number of amides is 2. The maximum Gasteiger partial charge on any atom is 0.257 e. The van der Waals surface area contributed by atoms with Crippen molar-refractivity contribution in [2.45, 2.75) is 54.1 Å². The second-order valence-electron chi connectivity index (χ2n) is 5.18.